The van der Waals surface area contributed by atoms with Gasteiger partial charge in [0.2, 0.25) is 0 Å². The zero-order chi connectivity index (χ0) is 18.6. The standard InChI is InChI=1S/C19H31N3O4/c1-4-20-19(21-10-6-11-25-14-16-7-5-12-26-16)22-15-8-9-17(23-2)18(13-15)24-3/h8-9,13,16H,4-7,10-12,14H2,1-3H3,(H2,20,21,22). The predicted octanol–water partition coefficient (Wildman–Crippen LogP) is 2.67. The fourth-order valence-corrected chi connectivity index (χ4v) is 2.71. The van der Waals surface area contributed by atoms with Crippen molar-refractivity contribution in [1.82, 2.24) is 5.32 Å². The second kappa shape index (κ2) is 11.6. The Balaban J connectivity index is 1.78. The number of hydrogen-bond donors (Lipinski definition) is 2. The highest BCUT2D eigenvalue weighted by molar-refractivity contribution is 5.93. The third kappa shape index (κ3) is 6.72. The lowest BCUT2D eigenvalue weighted by Crippen LogP contribution is -2.30. The van der Waals surface area contributed by atoms with Crippen LogP contribution in [0.5, 0.6) is 11.5 Å². The molecule has 0 spiro atoms. The summed E-state index contributed by atoms with van der Waals surface area (Å²) in [7, 11) is 3.24. The molecule has 1 fully saturated rings. The third-order valence-electron chi connectivity index (χ3n) is 4.03. The molecule has 1 aliphatic heterocycles. The van der Waals surface area contributed by atoms with Crippen LogP contribution in [0, 0.1) is 0 Å². The molecule has 1 aromatic carbocycles. The highest BCUT2D eigenvalue weighted by Gasteiger charge is 2.14. The summed E-state index contributed by atoms with van der Waals surface area (Å²) in [5, 5.41) is 6.52. The van der Waals surface area contributed by atoms with E-state index in [9.17, 15) is 0 Å². The molecule has 0 aromatic heterocycles. The van der Waals surface area contributed by atoms with Crippen LogP contribution in [0.4, 0.5) is 5.69 Å². The maximum absolute atomic E-state index is 5.67. The second-order valence-corrected chi connectivity index (χ2v) is 6.02. The van der Waals surface area contributed by atoms with Crippen molar-refractivity contribution in [2.75, 3.05) is 52.4 Å². The van der Waals surface area contributed by atoms with Gasteiger partial charge < -0.3 is 29.6 Å². The summed E-state index contributed by atoms with van der Waals surface area (Å²) in [5.41, 5.74) is 0.886. The molecule has 2 rings (SSSR count). The van der Waals surface area contributed by atoms with Crippen LogP contribution in [-0.4, -0.2) is 59.2 Å². The molecule has 26 heavy (non-hydrogen) atoms. The molecule has 1 saturated heterocycles. The molecular formula is C19H31N3O4. The first-order valence-electron chi connectivity index (χ1n) is 9.23. The topological polar surface area (TPSA) is 73.3 Å². The molecule has 1 atom stereocenters. The van der Waals surface area contributed by atoms with Crippen LogP contribution in [0.3, 0.4) is 0 Å². The van der Waals surface area contributed by atoms with E-state index in [1.54, 1.807) is 14.2 Å². The normalized spacial score (nSPS) is 17.2. The highest BCUT2D eigenvalue weighted by atomic mass is 16.5. The molecule has 1 aromatic rings. The van der Waals surface area contributed by atoms with Gasteiger partial charge in [-0.1, -0.05) is 0 Å². The van der Waals surface area contributed by atoms with E-state index in [4.69, 9.17) is 18.9 Å². The van der Waals surface area contributed by atoms with Crippen molar-refractivity contribution >= 4 is 11.6 Å². The minimum Gasteiger partial charge on any atom is -0.493 e. The van der Waals surface area contributed by atoms with Crippen LogP contribution in [-0.2, 0) is 9.47 Å². The number of aliphatic imine (C=N–C) groups is 1. The van der Waals surface area contributed by atoms with E-state index in [0.717, 1.165) is 44.1 Å². The number of nitrogens with one attached hydrogen (secondary N) is 2. The maximum atomic E-state index is 5.67. The Kier molecular flexibility index (Phi) is 9.06. The Hall–Kier alpha value is -1.99. The molecular weight excluding hydrogens is 334 g/mol. The first-order chi connectivity index (χ1) is 12.8. The SMILES string of the molecule is CCNC(=NCCCOCC1CCCO1)Nc1ccc(OC)c(OC)c1. The van der Waals surface area contributed by atoms with Crippen LogP contribution >= 0.6 is 0 Å². The summed E-state index contributed by atoms with van der Waals surface area (Å²) in [4.78, 5) is 4.59. The molecule has 0 saturated carbocycles. The number of hydrogen-bond acceptors (Lipinski definition) is 5. The lowest BCUT2D eigenvalue weighted by atomic mass is 10.2. The van der Waals surface area contributed by atoms with Crippen LogP contribution in [0.25, 0.3) is 0 Å². The van der Waals surface area contributed by atoms with Crippen LogP contribution in [0.1, 0.15) is 26.2 Å². The first kappa shape index (κ1) is 20.3. The molecule has 7 heteroatoms. The third-order valence-corrected chi connectivity index (χ3v) is 4.03. The van der Waals surface area contributed by atoms with Crippen molar-refractivity contribution in [3.8, 4) is 11.5 Å². The number of rotatable bonds is 10. The summed E-state index contributed by atoms with van der Waals surface area (Å²) < 4.78 is 21.8. The second-order valence-electron chi connectivity index (χ2n) is 6.02. The molecule has 0 amide bonds. The molecule has 1 heterocycles. The van der Waals surface area contributed by atoms with Crippen molar-refractivity contribution in [3.05, 3.63) is 18.2 Å². The average molecular weight is 365 g/mol. The Morgan fingerprint density at radius 3 is 2.81 bits per heavy atom. The Morgan fingerprint density at radius 1 is 1.27 bits per heavy atom. The number of nitrogens with zero attached hydrogens (tertiary/aromatic N) is 1. The van der Waals surface area contributed by atoms with Crippen LogP contribution < -0.4 is 20.1 Å². The number of methoxy groups -OCH3 is 2. The molecule has 146 valence electrons. The van der Waals surface area contributed by atoms with E-state index in [1.165, 1.54) is 0 Å². The zero-order valence-corrected chi connectivity index (χ0v) is 16.0. The molecule has 7 nitrogen and oxygen atoms in total. The largest absolute Gasteiger partial charge is 0.493 e. The van der Waals surface area contributed by atoms with E-state index < -0.39 is 0 Å². The van der Waals surface area contributed by atoms with Gasteiger partial charge in [0.1, 0.15) is 0 Å². The number of guanidine groups is 1. The summed E-state index contributed by atoms with van der Waals surface area (Å²) in [6.07, 6.45) is 3.40. The van der Waals surface area contributed by atoms with E-state index in [2.05, 4.69) is 15.6 Å². The van der Waals surface area contributed by atoms with Crippen LogP contribution in [0.2, 0.25) is 0 Å². The fourth-order valence-electron chi connectivity index (χ4n) is 2.71. The monoisotopic (exact) mass is 365 g/mol. The van der Waals surface area contributed by atoms with Crippen molar-refractivity contribution in [2.24, 2.45) is 4.99 Å². The van der Waals surface area contributed by atoms with Crippen molar-refractivity contribution in [2.45, 2.75) is 32.3 Å². The smallest absolute Gasteiger partial charge is 0.195 e. The summed E-state index contributed by atoms with van der Waals surface area (Å²) in [6.45, 7) is 5.76. The predicted molar refractivity (Wildman–Crippen MR) is 104 cm³/mol. The van der Waals surface area contributed by atoms with Gasteiger partial charge in [-0.2, -0.15) is 0 Å². The summed E-state index contributed by atoms with van der Waals surface area (Å²) in [5.74, 6) is 2.11. The lowest BCUT2D eigenvalue weighted by Gasteiger charge is -2.14. The van der Waals surface area contributed by atoms with Gasteiger partial charge in [-0.15, -0.1) is 0 Å². The Morgan fingerprint density at radius 2 is 2.12 bits per heavy atom. The number of anilines is 1. The minimum absolute atomic E-state index is 0.280. The van der Waals surface area contributed by atoms with E-state index in [-0.39, 0.29) is 6.10 Å². The molecule has 1 aliphatic rings. The van der Waals surface area contributed by atoms with Crippen molar-refractivity contribution in [1.29, 1.82) is 0 Å². The van der Waals surface area contributed by atoms with E-state index in [0.29, 0.717) is 31.3 Å². The van der Waals surface area contributed by atoms with Gasteiger partial charge in [0.05, 0.1) is 26.9 Å². The van der Waals surface area contributed by atoms with Gasteiger partial charge in [0.25, 0.3) is 0 Å². The van der Waals surface area contributed by atoms with Gasteiger partial charge in [-0.25, -0.2) is 0 Å². The molecule has 1 unspecified atom stereocenters. The quantitative estimate of drug-likeness (QED) is 0.377. The molecule has 0 aliphatic carbocycles. The van der Waals surface area contributed by atoms with E-state index in [1.807, 2.05) is 25.1 Å². The average Bonchev–Trinajstić information content (AvgIpc) is 3.18. The Labute approximate surface area is 156 Å². The fraction of sp³-hybridized carbons (Fsp3) is 0.632. The van der Waals surface area contributed by atoms with Gasteiger partial charge in [0.15, 0.2) is 17.5 Å². The van der Waals surface area contributed by atoms with Crippen molar-refractivity contribution in [3.63, 3.8) is 0 Å². The van der Waals surface area contributed by atoms with E-state index >= 15 is 0 Å². The zero-order valence-electron chi connectivity index (χ0n) is 16.0. The van der Waals surface area contributed by atoms with Gasteiger partial charge >= 0.3 is 0 Å². The Bertz CT molecular complexity index is 560. The molecule has 0 radical (unpaired) electrons. The maximum Gasteiger partial charge on any atom is 0.195 e. The van der Waals surface area contributed by atoms with Crippen LogP contribution in [0.15, 0.2) is 23.2 Å². The van der Waals surface area contributed by atoms with Gasteiger partial charge in [0, 0.05) is 38.1 Å². The number of ether oxygens (including phenoxy) is 4. The number of benzene rings is 1. The molecule has 2 N–H and O–H groups in total. The first-order valence-corrected chi connectivity index (χ1v) is 9.23. The highest BCUT2D eigenvalue weighted by Crippen LogP contribution is 2.29. The summed E-state index contributed by atoms with van der Waals surface area (Å²) >= 11 is 0. The van der Waals surface area contributed by atoms with Gasteiger partial charge in [-0.3, -0.25) is 4.99 Å². The van der Waals surface area contributed by atoms with Gasteiger partial charge in [-0.05, 0) is 38.3 Å². The van der Waals surface area contributed by atoms with Crippen molar-refractivity contribution < 1.29 is 18.9 Å². The lowest BCUT2D eigenvalue weighted by molar-refractivity contribution is 0.0171. The summed E-state index contributed by atoms with van der Waals surface area (Å²) in [6, 6.07) is 5.68. The minimum atomic E-state index is 0.280. The molecule has 0 bridgehead atoms.